The molecule has 2 aromatic carbocycles. The van der Waals surface area contributed by atoms with Crippen molar-refractivity contribution in [3.05, 3.63) is 48.5 Å². The van der Waals surface area contributed by atoms with Gasteiger partial charge in [0, 0.05) is 5.69 Å². The van der Waals surface area contributed by atoms with Crippen LogP contribution in [0.4, 0.5) is 17.1 Å². The first kappa shape index (κ1) is 11.8. The number of hydrogen-bond donors (Lipinski definition) is 1. The zero-order valence-electron chi connectivity index (χ0n) is 9.48. The third-order valence-electron chi connectivity index (χ3n) is 2.19. The molecule has 0 radical (unpaired) electrons. The van der Waals surface area contributed by atoms with E-state index in [0.29, 0.717) is 23.6 Å². The van der Waals surface area contributed by atoms with Gasteiger partial charge in [0.15, 0.2) is 0 Å². The molecule has 0 aliphatic carbocycles. The van der Waals surface area contributed by atoms with Crippen molar-refractivity contribution in [1.82, 2.24) is 0 Å². The van der Waals surface area contributed by atoms with Gasteiger partial charge in [-0.05, 0) is 48.5 Å². The van der Waals surface area contributed by atoms with Crippen LogP contribution in [0.15, 0.2) is 58.8 Å². The minimum absolute atomic E-state index is 0.380. The van der Waals surface area contributed by atoms with Gasteiger partial charge < -0.3 is 10.5 Å². The third kappa shape index (κ3) is 3.15. The molecular weight excluding hydrogens is 230 g/mol. The lowest BCUT2D eigenvalue weighted by Gasteiger charge is -1.97. The Morgan fingerprint density at radius 3 is 1.89 bits per heavy atom. The second-order valence-corrected chi connectivity index (χ2v) is 3.50. The predicted octanol–water partition coefficient (Wildman–Crippen LogP) is 3.22. The van der Waals surface area contributed by atoms with Crippen molar-refractivity contribution in [2.45, 2.75) is 0 Å². The van der Waals surface area contributed by atoms with Crippen LogP contribution in [0, 0.1) is 0 Å². The number of anilines is 1. The average molecular weight is 241 g/mol. The Labute approximate surface area is 104 Å². The van der Waals surface area contributed by atoms with Gasteiger partial charge in [-0.2, -0.15) is 10.2 Å². The first-order valence-electron chi connectivity index (χ1n) is 5.25. The molecule has 0 heterocycles. The van der Waals surface area contributed by atoms with Crippen molar-refractivity contribution < 1.29 is 9.53 Å². The van der Waals surface area contributed by atoms with Gasteiger partial charge in [-0.15, -0.1) is 0 Å². The number of carbonyl (C=O) groups is 1. The lowest BCUT2D eigenvalue weighted by molar-refractivity contribution is -0.120. The maximum Gasteiger partial charge on any atom is 0.298 e. The van der Waals surface area contributed by atoms with Crippen molar-refractivity contribution in [1.29, 1.82) is 0 Å². The highest BCUT2D eigenvalue weighted by molar-refractivity contribution is 5.49. The molecule has 0 saturated heterocycles. The molecule has 0 amide bonds. The summed E-state index contributed by atoms with van der Waals surface area (Å²) >= 11 is 0. The van der Waals surface area contributed by atoms with Crippen LogP contribution >= 0.6 is 0 Å². The van der Waals surface area contributed by atoms with Gasteiger partial charge in [0.25, 0.3) is 6.47 Å². The zero-order valence-corrected chi connectivity index (χ0v) is 9.48. The van der Waals surface area contributed by atoms with Crippen LogP contribution in [0.2, 0.25) is 0 Å². The minimum atomic E-state index is 0.380. The van der Waals surface area contributed by atoms with E-state index >= 15 is 0 Å². The summed E-state index contributed by atoms with van der Waals surface area (Å²) in [5.41, 5.74) is 7.64. The molecule has 0 fully saturated rings. The normalized spacial score (nSPS) is 10.4. The number of nitrogens with two attached hydrogens (primary N) is 1. The highest BCUT2D eigenvalue weighted by atomic mass is 16.5. The van der Waals surface area contributed by atoms with E-state index in [-0.39, 0.29) is 0 Å². The lowest BCUT2D eigenvalue weighted by atomic mass is 10.3. The quantitative estimate of drug-likeness (QED) is 0.507. The number of rotatable bonds is 4. The van der Waals surface area contributed by atoms with E-state index < -0.39 is 0 Å². The fraction of sp³-hybridized carbons (Fsp3) is 0. The summed E-state index contributed by atoms with van der Waals surface area (Å²) in [4.78, 5) is 10.1. The van der Waals surface area contributed by atoms with Crippen molar-refractivity contribution in [2.75, 3.05) is 5.73 Å². The molecule has 0 atom stereocenters. The highest BCUT2D eigenvalue weighted by Gasteiger charge is 1.94. The van der Waals surface area contributed by atoms with Crippen LogP contribution < -0.4 is 10.5 Å². The number of ether oxygens (including phenoxy) is 1. The zero-order chi connectivity index (χ0) is 12.8. The number of nitrogen functional groups attached to an aromatic ring is 1. The summed E-state index contributed by atoms with van der Waals surface area (Å²) in [6.45, 7) is 0.380. The lowest BCUT2D eigenvalue weighted by Crippen LogP contribution is -1.86. The van der Waals surface area contributed by atoms with Crippen LogP contribution in [0.5, 0.6) is 5.75 Å². The molecule has 2 aromatic rings. The molecule has 0 saturated carbocycles. The summed E-state index contributed by atoms with van der Waals surface area (Å²) < 4.78 is 4.67. The first-order valence-corrected chi connectivity index (χ1v) is 5.25. The van der Waals surface area contributed by atoms with E-state index in [0.717, 1.165) is 5.69 Å². The highest BCUT2D eigenvalue weighted by Crippen LogP contribution is 2.21. The fourth-order valence-electron chi connectivity index (χ4n) is 1.30. The maximum atomic E-state index is 10.1. The summed E-state index contributed by atoms with van der Waals surface area (Å²) in [5, 5.41) is 8.10. The van der Waals surface area contributed by atoms with Crippen LogP contribution in [0.3, 0.4) is 0 Å². The van der Waals surface area contributed by atoms with Crippen molar-refractivity contribution in [3.8, 4) is 5.75 Å². The number of nitrogens with zero attached hydrogens (tertiary/aromatic N) is 2. The van der Waals surface area contributed by atoms with Crippen molar-refractivity contribution in [2.24, 2.45) is 10.2 Å². The summed E-state index contributed by atoms with van der Waals surface area (Å²) in [6.07, 6.45) is 0. The first-order chi connectivity index (χ1) is 8.78. The number of azo groups is 1. The van der Waals surface area contributed by atoms with Gasteiger partial charge in [0.1, 0.15) is 5.75 Å². The second-order valence-electron chi connectivity index (χ2n) is 3.50. The second kappa shape index (κ2) is 5.58. The molecule has 2 rings (SSSR count). The molecule has 90 valence electrons. The molecule has 5 heteroatoms. The molecule has 5 nitrogen and oxygen atoms in total. The number of hydrogen-bond acceptors (Lipinski definition) is 5. The Kier molecular flexibility index (Phi) is 3.66. The molecule has 0 aliphatic heterocycles. The van der Waals surface area contributed by atoms with Gasteiger partial charge in [-0.25, -0.2) is 0 Å². The largest absolute Gasteiger partial charge is 0.429 e. The van der Waals surface area contributed by atoms with Crippen LogP contribution in [0.1, 0.15) is 0 Å². The molecule has 0 spiro atoms. The van der Waals surface area contributed by atoms with Crippen LogP contribution in [-0.2, 0) is 4.79 Å². The molecule has 0 unspecified atom stereocenters. The topological polar surface area (TPSA) is 77.0 Å². The summed E-state index contributed by atoms with van der Waals surface area (Å²) in [6, 6.07) is 13.8. The third-order valence-corrected chi connectivity index (χ3v) is 2.19. The average Bonchev–Trinajstić information content (AvgIpc) is 2.40. The maximum absolute atomic E-state index is 10.1. The van der Waals surface area contributed by atoms with Gasteiger partial charge in [-0.1, -0.05) is 0 Å². The van der Waals surface area contributed by atoms with E-state index in [9.17, 15) is 4.79 Å². The minimum Gasteiger partial charge on any atom is -0.429 e. The Morgan fingerprint density at radius 2 is 1.39 bits per heavy atom. The monoisotopic (exact) mass is 241 g/mol. The van der Waals surface area contributed by atoms with E-state index in [1.807, 2.05) is 0 Å². The fourth-order valence-corrected chi connectivity index (χ4v) is 1.30. The van der Waals surface area contributed by atoms with E-state index in [2.05, 4.69) is 15.0 Å². The van der Waals surface area contributed by atoms with Crippen LogP contribution in [0.25, 0.3) is 0 Å². The Morgan fingerprint density at radius 1 is 0.889 bits per heavy atom. The Bertz CT molecular complexity index is 547. The van der Waals surface area contributed by atoms with Gasteiger partial charge >= 0.3 is 0 Å². The van der Waals surface area contributed by atoms with Crippen LogP contribution in [-0.4, -0.2) is 6.47 Å². The molecule has 18 heavy (non-hydrogen) atoms. The molecule has 0 aliphatic rings. The van der Waals surface area contributed by atoms with Gasteiger partial charge in [0.2, 0.25) is 0 Å². The Hall–Kier alpha value is -2.69. The summed E-state index contributed by atoms with van der Waals surface area (Å²) in [5.74, 6) is 0.469. The number of carbonyl (C=O) groups excluding carboxylic acids is 1. The van der Waals surface area contributed by atoms with Crippen molar-refractivity contribution in [3.63, 3.8) is 0 Å². The van der Waals surface area contributed by atoms with E-state index in [4.69, 9.17) is 5.73 Å². The van der Waals surface area contributed by atoms with Gasteiger partial charge in [0.05, 0.1) is 11.4 Å². The van der Waals surface area contributed by atoms with E-state index in [1.165, 1.54) is 0 Å². The smallest absolute Gasteiger partial charge is 0.298 e. The van der Waals surface area contributed by atoms with Crippen molar-refractivity contribution >= 4 is 23.5 Å². The standard InChI is InChI=1S/C13H11N3O2/c14-10-1-3-11(4-2-10)15-16-12-5-7-13(8-6-12)18-9-17/h1-9H,14H2. The molecule has 0 aromatic heterocycles. The van der Waals surface area contributed by atoms with Gasteiger partial charge in [-0.3, -0.25) is 4.79 Å². The molecule has 2 N–H and O–H groups in total. The predicted molar refractivity (Wildman–Crippen MR) is 68.2 cm³/mol. The molecular formula is C13H11N3O2. The Balaban J connectivity index is 2.08. The number of benzene rings is 2. The SMILES string of the molecule is Nc1ccc(N=Nc2ccc(OC=O)cc2)cc1. The molecule has 0 bridgehead atoms. The van der Waals surface area contributed by atoms with E-state index in [1.54, 1.807) is 48.5 Å². The summed E-state index contributed by atoms with van der Waals surface area (Å²) in [7, 11) is 0.